The number of ketones is 1. The van der Waals surface area contributed by atoms with Crippen LogP contribution in [-0.4, -0.2) is 112 Å². The van der Waals surface area contributed by atoms with Gasteiger partial charge in [0.2, 0.25) is 29.7 Å². The fourth-order valence-corrected chi connectivity index (χ4v) is 20.4. The van der Waals surface area contributed by atoms with Crippen molar-refractivity contribution >= 4 is 165 Å². The van der Waals surface area contributed by atoms with E-state index in [1.165, 1.54) is 183 Å². The molecule has 0 saturated heterocycles. The van der Waals surface area contributed by atoms with Crippen LogP contribution in [-0.2, 0) is 30.5 Å². The van der Waals surface area contributed by atoms with Crippen molar-refractivity contribution in [1.82, 2.24) is 106 Å². The Kier molecular flexibility index (Phi) is 33.6. The Balaban J connectivity index is 0.000000117. The van der Waals surface area contributed by atoms with Crippen molar-refractivity contribution in [3.63, 3.8) is 0 Å². The second-order valence-corrected chi connectivity index (χ2v) is 39.3. The number of aromatic amines is 5. The zero-order valence-electron chi connectivity index (χ0n) is 83.4. The molecular formula is C113H120N34OS. The van der Waals surface area contributed by atoms with Crippen LogP contribution in [0.4, 0.5) is 116 Å². The maximum atomic E-state index is 11.2. The van der Waals surface area contributed by atoms with Crippen LogP contribution in [0, 0.1) is 40.9 Å². The van der Waals surface area contributed by atoms with E-state index in [0.717, 1.165) is 123 Å². The van der Waals surface area contributed by atoms with Gasteiger partial charge in [0, 0.05) is 158 Å². The highest BCUT2D eigenvalue weighted by atomic mass is 32.1. The molecule has 0 atom stereocenters. The fourth-order valence-electron chi connectivity index (χ4n) is 19.7. The average molecular weight is 2000 g/mol. The molecule has 11 aromatic heterocycles. The van der Waals surface area contributed by atoms with Crippen molar-refractivity contribution in [3.8, 4) is 18.2 Å². The maximum absolute atomic E-state index is 11.2. The normalized spacial score (nSPS) is 14.4. The summed E-state index contributed by atoms with van der Waals surface area (Å²) in [5.41, 5.74) is 19.8. The van der Waals surface area contributed by atoms with E-state index in [-0.39, 0.29) is 5.78 Å². The van der Waals surface area contributed by atoms with Gasteiger partial charge in [0.25, 0.3) is 0 Å². The summed E-state index contributed by atoms with van der Waals surface area (Å²) >= 11 is 1.62. The number of fused-ring (bicyclic) bond motifs is 3. The first-order valence-corrected chi connectivity index (χ1v) is 52.4. The SMILES string of the molecule is CC(=O)Cc1ccc(Nc2nccc(Nc3cc(C4CCCCC4)[nH]n3)n2)cc1.Cc1cc(Nc2cc(C3CCCC3)[nH]n2)nc(Nc2ccc(CC#N)cc2)n1.N#CCc1ccc(Nc2nc(Nc3cc(C4CCCCC4)[nH]n3)c3ccccc3n2)cc1.N#CCc1ccc(Nc2nccc(Nc3cc(C4CCCCC4)[nH]n3)n2)cc1.c1ccc2c(Nc3cc(C4CCCCC4)[nH]n3)nc(Nc3ccc4ncsc4c3)nc2c1. The fraction of sp³-hybridized carbons (Fsp3) is 0.310. The predicted molar refractivity (Wildman–Crippen MR) is 588 cm³/mol. The predicted octanol–water partition coefficient (Wildman–Crippen LogP) is 26.8. The number of nitrogens with one attached hydrogen (secondary N) is 15. The van der Waals surface area contributed by atoms with E-state index < -0.39 is 0 Å². The number of benzene rings is 7. The number of nitrogens with zero attached hydrogens (tertiary/aromatic N) is 19. The lowest BCUT2D eigenvalue weighted by Gasteiger charge is -2.19. The minimum atomic E-state index is 0.151. The van der Waals surface area contributed by atoms with E-state index >= 15 is 0 Å². The molecule has 0 bridgehead atoms. The first-order valence-electron chi connectivity index (χ1n) is 51.6. The zero-order chi connectivity index (χ0) is 102. The Labute approximate surface area is 867 Å². The molecule has 754 valence electrons. The highest BCUT2D eigenvalue weighted by Gasteiger charge is 2.26. The number of H-pyrrole nitrogens is 5. The molecule has 35 nitrogen and oxygen atoms in total. The summed E-state index contributed by atoms with van der Waals surface area (Å²) in [5.74, 6) is 13.0. The number of nitriles is 3. The van der Waals surface area contributed by atoms with Gasteiger partial charge in [0.1, 0.15) is 34.9 Å². The number of thiazole rings is 1. The smallest absolute Gasteiger partial charge is 0.229 e. The summed E-state index contributed by atoms with van der Waals surface area (Å²) in [5, 5.41) is 99.2. The van der Waals surface area contributed by atoms with Gasteiger partial charge in [-0.05, 0) is 203 Å². The summed E-state index contributed by atoms with van der Waals surface area (Å²) < 4.78 is 1.13. The van der Waals surface area contributed by atoms with Crippen LogP contribution in [0.25, 0.3) is 32.0 Å². The number of hydrogen-bond acceptors (Lipinski definition) is 31. The lowest BCUT2D eigenvalue weighted by molar-refractivity contribution is -0.116. The van der Waals surface area contributed by atoms with E-state index in [0.29, 0.717) is 108 Å². The maximum Gasteiger partial charge on any atom is 0.229 e. The monoisotopic (exact) mass is 2000 g/mol. The molecule has 0 radical (unpaired) electrons. The van der Waals surface area contributed by atoms with Gasteiger partial charge in [-0.15, -0.1) is 11.3 Å². The standard InChI is InChI=1S/C25H25N7.C24H23N7S.C22H26N6O.2C21H23N7/c26-15-14-17-10-12-19(13-11-17)27-25-28-21-9-5-4-8-20(21)24(30-25)29-23-16-22(31-32-23)18-6-2-1-3-7-18;1-2-6-15(7-3-1)20-13-22(31-30-20)28-23-17-8-4-5-9-18(17)27-24(29-23)26-16-10-11-19-21(12-16)32-14-25-19;1-15(29)13-16-7-9-18(10-8-16)24-22-23-12-11-20(26-22)25-21-14-19(27-28-21)17-5-3-2-4-6-17;1-14-12-19(25-20-13-18(27-28-20)16-4-2-3-5-16)26-21(23-14)24-17-8-6-15(7-9-17)10-11-22;22-12-10-15-6-8-17(9-7-15)24-21-23-13-11-19(26-21)25-20-14-18(27-28-20)16-4-2-1-3-5-16/h4-5,8-13,16,18H,1-3,6-7,14H2,(H3,27,28,29,30,31,32);4-5,8-15H,1-3,6-7H2,(H3,26,27,28,29,30,31);7-12,14,17H,2-6,13H2,1H3,(H3,23,24,25,26,27,28);6-9,12-13,16H,2-5,10H2,1H3,(H3,23,24,25,26,27,28);6-9,11,13-14,16H,1-5,10H2,(H3,23,24,25,26,27,28). The Morgan fingerprint density at radius 3 is 1.01 bits per heavy atom. The number of anilines is 20. The van der Waals surface area contributed by atoms with Crippen LogP contribution < -0.4 is 53.2 Å². The summed E-state index contributed by atoms with van der Waals surface area (Å²) in [4.78, 5) is 61.0. The zero-order valence-corrected chi connectivity index (χ0v) is 84.3. The molecule has 18 aromatic rings. The van der Waals surface area contributed by atoms with E-state index in [2.05, 4.69) is 199 Å². The molecule has 5 saturated carbocycles. The Bertz CT molecular complexity index is 7590. The number of rotatable bonds is 30. The molecule has 5 aliphatic rings. The van der Waals surface area contributed by atoms with E-state index in [4.69, 9.17) is 30.7 Å². The quantitative estimate of drug-likeness (QED) is 0.0199. The molecule has 0 amide bonds. The molecule has 11 heterocycles. The van der Waals surface area contributed by atoms with Crippen LogP contribution in [0.2, 0.25) is 0 Å². The van der Waals surface area contributed by atoms with Crippen LogP contribution in [0.1, 0.15) is 247 Å². The highest BCUT2D eigenvalue weighted by Crippen LogP contribution is 2.41. The van der Waals surface area contributed by atoms with Crippen molar-refractivity contribution in [3.05, 3.63) is 287 Å². The molecule has 149 heavy (non-hydrogen) atoms. The number of para-hydroxylation sites is 2. The minimum Gasteiger partial charge on any atom is -0.324 e. The third-order valence-electron chi connectivity index (χ3n) is 27.3. The van der Waals surface area contributed by atoms with Crippen LogP contribution in [0.3, 0.4) is 0 Å². The topological polar surface area (TPSA) is 494 Å². The molecule has 5 aliphatic carbocycles. The summed E-state index contributed by atoms with van der Waals surface area (Å²) in [6, 6.07) is 75.3. The minimum absolute atomic E-state index is 0.151. The van der Waals surface area contributed by atoms with Gasteiger partial charge in [-0.3, -0.25) is 30.3 Å². The third-order valence-corrected chi connectivity index (χ3v) is 28.1. The van der Waals surface area contributed by atoms with Gasteiger partial charge in [-0.2, -0.15) is 66.2 Å². The molecule has 0 spiro atoms. The van der Waals surface area contributed by atoms with E-state index in [1.807, 2.05) is 188 Å². The van der Waals surface area contributed by atoms with Crippen LogP contribution in [0.5, 0.6) is 0 Å². The molecular weight excluding hydrogens is 1880 g/mol. The van der Waals surface area contributed by atoms with Crippen LogP contribution >= 0.6 is 11.3 Å². The van der Waals surface area contributed by atoms with Gasteiger partial charge in [0.15, 0.2) is 29.1 Å². The van der Waals surface area contributed by atoms with Crippen molar-refractivity contribution in [2.45, 2.75) is 223 Å². The number of hydrogen-bond donors (Lipinski definition) is 15. The van der Waals surface area contributed by atoms with Gasteiger partial charge < -0.3 is 53.2 Å². The molecule has 23 rings (SSSR count). The lowest BCUT2D eigenvalue weighted by Crippen LogP contribution is -2.04. The highest BCUT2D eigenvalue weighted by molar-refractivity contribution is 7.16. The largest absolute Gasteiger partial charge is 0.324 e. The Hall–Kier alpha value is -17.5. The number of aromatic nitrogens is 21. The first-order chi connectivity index (χ1) is 73.2. The van der Waals surface area contributed by atoms with Crippen molar-refractivity contribution in [2.24, 2.45) is 0 Å². The average Bonchev–Trinajstić information content (AvgIpc) is 1.77. The molecule has 5 fully saturated rings. The van der Waals surface area contributed by atoms with Gasteiger partial charge >= 0.3 is 0 Å². The summed E-state index contributed by atoms with van der Waals surface area (Å²) in [7, 11) is 0. The van der Waals surface area contributed by atoms with E-state index in [9.17, 15) is 4.79 Å². The molecule has 0 unspecified atom stereocenters. The van der Waals surface area contributed by atoms with E-state index in [1.54, 1.807) is 30.7 Å². The first kappa shape index (κ1) is 100. The Morgan fingerprint density at radius 1 is 0.309 bits per heavy atom. The van der Waals surface area contributed by atoms with Gasteiger partial charge in [-0.1, -0.05) is 163 Å². The lowest BCUT2D eigenvalue weighted by atomic mass is 9.87. The molecule has 15 N–H and O–H groups in total. The molecule has 7 aromatic carbocycles. The second-order valence-electron chi connectivity index (χ2n) is 38.4. The van der Waals surface area contributed by atoms with Crippen molar-refractivity contribution in [1.29, 1.82) is 15.8 Å². The summed E-state index contributed by atoms with van der Waals surface area (Å²) in [6.07, 6.45) is 35.7. The molecule has 36 heteroatoms. The molecule has 0 aliphatic heterocycles. The second kappa shape index (κ2) is 49.9. The Morgan fingerprint density at radius 2 is 0.631 bits per heavy atom. The van der Waals surface area contributed by atoms with Crippen LogP contribution in [0.15, 0.2) is 230 Å². The number of carbonyl (C=O) groups is 1. The number of aryl methyl sites for hydroxylation is 1. The van der Waals surface area contributed by atoms with Crippen molar-refractivity contribution in [2.75, 3.05) is 53.2 Å². The number of Topliss-reactive ketones (excluding diaryl/α,β-unsaturated/α-hetero) is 1. The summed E-state index contributed by atoms with van der Waals surface area (Å²) in [6.45, 7) is 3.53. The van der Waals surface area contributed by atoms with Gasteiger partial charge in [-0.25, -0.2) is 29.9 Å². The van der Waals surface area contributed by atoms with Gasteiger partial charge in [0.05, 0.1) is 64.2 Å². The third kappa shape index (κ3) is 28.2. The number of carbonyl (C=O) groups excluding carboxylic acids is 1. The van der Waals surface area contributed by atoms with Crippen molar-refractivity contribution < 1.29 is 4.79 Å².